The summed E-state index contributed by atoms with van der Waals surface area (Å²) >= 11 is 0. The van der Waals surface area contributed by atoms with Crippen LogP contribution in [0.2, 0.25) is 0 Å². The van der Waals surface area contributed by atoms with Gasteiger partial charge in [0.15, 0.2) is 0 Å². The molecule has 0 bridgehead atoms. The van der Waals surface area contributed by atoms with E-state index < -0.39 is 0 Å². The zero-order chi connectivity index (χ0) is 21.5. The van der Waals surface area contributed by atoms with Crippen molar-refractivity contribution in [3.63, 3.8) is 0 Å². The highest BCUT2D eigenvalue weighted by atomic mass is 16.5. The van der Waals surface area contributed by atoms with Crippen molar-refractivity contribution in [1.29, 1.82) is 0 Å². The monoisotopic (exact) mass is 410 g/mol. The van der Waals surface area contributed by atoms with E-state index in [2.05, 4.69) is 51.3 Å². The number of carbonyl (C=O) groups is 1. The third kappa shape index (κ3) is 5.97. The van der Waals surface area contributed by atoms with E-state index in [4.69, 9.17) is 4.74 Å². The molecule has 0 spiro atoms. The molecule has 2 aromatic rings. The Kier molecular flexibility index (Phi) is 7.71. The molecule has 0 aromatic heterocycles. The highest BCUT2D eigenvalue weighted by Gasteiger charge is 2.24. The number of methoxy groups -OCH3 is 1. The SMILES string of the molecule is COc1ccc(CC(=O)NC[C@@H](c2ccc(N(C)C)cc2)N2CCN(C)CC2)cc1. The van der Waals surface area contributed by atoms with Crippen LogP contribution in [0.15, 0.2) is 48.5 Å². The average molecular weight is 411 g/mol. The maximum absolute atomic E-state index is 12.6. The van der Waals surface area contributed by atoms with Crippen molar-refractivity contribution in [3.8, 4) is 5.75 Å². The van der Waals surface area contributed by atoms with E-state index in [-0.39, 0.29) is 11.9 Å². The number of carbonyl (C=O) groups excluding carboxylic acids is 1. The molecule has 1 amide bonds. The van der Waals surface area contributed by atoms with Gasteiger partial charge in [-0.1, -0.05) is 24.3 Å². The number of anilines is 1. The van der Waals surface area contributed by atoms with Crippen LogP contribution in [0.5, 0.6) is 5.75 Å². The van der Waals surface area contributed by atoms with Gasteiger partial charge in [-0.05, 0) is 42.4 Å². The first-order valence-corrected chi connectivity index (χ1v) is 10.6. The number of likely N-dealkylation sites (N-methyl/N-ethyl adjacent to an activating group) is 1. The van der Waals surface area contributed by atoms with Crippen molar-refractivity contribution in [1.82, 2.24) is 15.1 Å². The molecule has 0 unspecified atom stereocenters. The number of ether oxygens (including phenoxy) is 1. The Labute approximate surface area is 180 Å². The summed E-state index contributed by atoms with van der Waals surface area (Å²) in [5, 5.41) is 3.17. The standard InChI is InChI=1S/C24H34N4O2/c1-26(2)21-9-7-20(8-10-21)23(28-15-13-27(3)14-16-28)18-25-24(29)17-19-5-11-22(30-4)12-6-19/h5-12,23H,13-18H2,1-4H3,(H,25,29)/t23-/m0/s1. The molecular formula is C24H34N4O2. The number of hydrogen-bond donors (Lipinski definition) is 1. The van der Waals surface area contributed by atoms with Crippen LogP contribution in [0, 0.1) is 0 Å². The number of hydrogen-bond acceptors (Lipinski definition) is 5. The number of nitrogens with zero attached hydrogens (tertiary/aromatic N) is 3. The van der Waals surface area contributed by atoms with Gasteiger partial charge in [-0.15, -0.1) is 0 Å². The van der Waals surface area contributed by atoms with Gasteiger partial charge >= 0.3 is 0 Å². The summed E-state index contributed by atoms with van der Waals surface area (Å²) in [6.07, 6.45) is 0.374. The first-order valence-electron chi connectivity index (χ1n) is 10.6. The molecule has 1 aliphatic rings. The second kappa shape index (κ2) is 10.5. The predicted molar refractivity (Wildman–Crippen MR) is 122 cm³/mol. The van der Waals surface area contributed by atoms with Gasteiger partial charge in [-0.2, -0.15) is 0 Å². The molecular weight excluding hydrogens is 376 g/mol. The quantitative estimate of drug-likeness (QED) is 0.724. The molecule has 30 heavy (non-hydrogen) atoms. The average Bonchev–Trinajstić information content (AvgIpc) is 2.76. The molecule has 1 fully saturated rings. The Morgan fingerprint density at radius 2 is 1.67 bits per heavy atom. The molecule has 2 aromatic carbocycles. The third-order valence-corrected chi connectivity index (χ3v) is 5.79. The van der Waals surface area contributed by atoms with Crippen molar-refractivity contribution in [2.24, 2.45) is 0 Å². The first kappa shape index (κ1) is 22.1. The Morgan fingerprint density at radius 3 is 2.23 bits per heavy atom. The number of piperazine rings is 1. The van der Waals surface area contributed by atoms with E-state index in [1.807, 2.05) is 38.4 Å². The van der Waals surface area contributed by atoms with Crippen LogP contribution in [0.3, 0.4) is 0 Å². The van der Waals surface area contributed by atoms with E-state index in [1.54, 1.807) is 7.11 Å². The van der Waals surface area contributed by atoms with Gasteiger partial charge in [0, 0.05) is 52.5 Å². The summed E-state index contributed by atoms with van der Waals surface area (Å²) in [4.78, 5) is 19.5. The van der Waals surface area contributed by atoms with Crippen LogP contribution < -0.4 is 15.0 Å². The van der Waals surface area contributed by atoms with Crippen LogP contribution in [0.25, 0.3) is 0 Å². The van der Waals surface area contributed by atoms with Gasteiger partial charge < -0.3 is 19.9 Å². The van der Waals surface area contributed by atoms with Crippen LogP contribution in [-0.4, -0.2) is 76.7 Å². The lowest BCUT2D eigenvalue weighted by molar-refractivity contribution is -0.120. The van der Waals surface area contributed by atoms with Gasteiger partial charge in [0.1, 0.15) is 5.75 Å². The van der Waals surface area contributed by atoms with Crippen molar-refractivity contribution in [2.75, 3.05) is 65.9 Å². The lowest BCUT2D eigenvalue weighted by atomic mass is 10.0. The smallest absolute Gasteiger partial charge is 0.224 e. The zero-order valence-electron chi connectivity index (χ0n) is 18.6. The van der Waals surface area contributed by atoms with Crippen molar-refractivity contribution >= 4 is 11.6 Å². The Bertz CT molecular complexity index is 797. The minimum absolute atomic E-state index is 0.0456. The van der Waals surface area contributed by atoms with Gasteiger partial charge in [0.25, 0.3) is 0 Å². The molecule has 162 valence electrons. The molecule has 6 heteroatoms. The fraction of sp³-hybridized carbons (Fsp3) is 0.458. The van der Waals surface area contributed by atoms with Crippen LogP contribution in [0.4, 0.5) is 5.69 Å². The van der Waals surface area contributed by atoms with Crippen LogP contribution >= 0.6 is 0 Å². The van der Waals surface area contributed by atoms with Gasteiger partial charge in [0.05, 0.1) is 19.6 Å². The highest BCUT2D eigenvalue weighted by Crippen LogP contribution is 2.24. The molecule has 0 saturated carbocycles. The van der Waals surface area contributed by atoms with Crippen molar-refractivity contribution in [3.05, 3.63) is 59.7 Å². The maximum Gasteiger partial charge on any atom is 0.224 e. The van der Waals surface area contributed by atoms with Gasteiger partial charge in [0.2, 0.25) is 5.91 Å². The number of rotatable bonds is 8. The van der Waals surface area contributed by atoms with E-state index in [9.17, 15) is 4.79 Å². The third-order valence-electron chi connectivity index (χ3n) is 5.79. The summed E-state index contributed by atoms with van der Waals surface area (Å²) in [6.45, 7) is 4.72. The first-order chi connectivity index (χ1) is 14.5. The van der Waals surface area contributed by atoms with E-state index in [0.29, 0.717) is 13.0 Å². The topological polar surface area (TPSA) is 48.1 Å². The van der Waals surface area contributed by atoms with E-state index in [0.717, 1.165) is 37.5 Å². The zero-order valence-corrected chi connectivity index (χ0v) is 18.6. The fourth-order valence-electron chi connectivity index (χ4n) is 3.79. The Morgan fingerprint density at radius 1 is 1.03 bits per heavy atom. The number of benzene rings is 2. The summed E-state index contributed by atoms with van der Waals surface area (Å²) in [7, 11) is 7.90. The van der Waals surface area contributed by atoms with E-state index in [1.165, 1.54) is 11.3 Å². The molecule has 1 heterocycles. The molecule has 1 N–H and O–H groups in total. The van der Waals surface area contributed by atoms with Gasteiger partial charge in [-0.25, -0.2) is 0 Å². The normalized spacial score (nSPS) is 16.1. The van der Waals surface area contributed by atoms with Crippen molar-refractivity contribution < 1.29 is 9.53 Å². The Balaban J connectivity index is 1.66. The number of nitrogens with one attached hydrogen (secondary N) is 1. The van der Waals surface area contributed by atoms with Crippen LogP contribution in [0.1, 0.15) is 17.2 Å². The second-order valence-electron chi connectivity index (χ2n) is 8.17. The molecule has 1 saturated heterocycles. The lowest BCUT2D eigenvalue weighted by Crippen LogP contribution is -2.48. The summed E-state index contributed by atoms with van der Waals surface area (Å²) < 4.78 is 5.19. The molecule has 0 radical (unpaired) electrons. The molecule has 3 rings (SSSR count). The largest absolute Gasteiger partial charge is 0.497 e. The fourth-order valence-corrected chi connectivity index (χ4v) is 3.79. The second-order valence-corrected chi connectivity index (χ2v) is 8.17. The van der Waals surface area contributed by atoms with Crippen LogP contribution in [-0.2, 0) is 11.2 Å². The van der Waals surface area contributed by atoms with Crippen molar-refractivity contribution in [2.45, 2.75) is 12.5 Å². The van der Waals surface area contributed by atoms with E-state index >= 15 is 0 Å². The summed E-state index contributed by atoms with van der Waals surface area (Å²) in [5.74, 6) is 0.847. The predicted octanol–water partition coefficient (Wildman–Crippen LogP) is 2.41. The lowest BCUT2D eigenvalue weighted by Gasteiger charge is -2.38. The minimum atomic E-state index is 0.0456. The summed E-state index contributed by atoms with van der Waals surface area (Å²) in [5.41, 5.74) is 3.41. The summed E-state index contributed by atoms with van der Waals surface area (Å²) in [6, 6.07) is 16.5. The maximum atomic E-state index is 12.6. The highest BCUT2D eigenvalue weighted by molar-refractivity contribution is 5.78. The molecule has 6 nitrogen and oxygen atoms in total. The molecule has 1 atom stereocenters. The number of amides is 1. The minimum Gasteiger partial charge on any atom is -0.497 e. The van der Waals surface area contributed by atoms with Gasteiger partial charge in [-0.3, -0.25) is 9.69 Å². The molecule has 1 aliphatic heterocycles. The Hall–Kier alpha value is -2.57. The molecule has 0 aliphatic carbocycles.